The van der Waals surface area contributed by atoms with Gasteiger partial charge in [0.1, 0.15) is 0 Å². The van der Waals surface area contributed by atoms with E-state index in [4.69, 9.17) is 0 Å². The number of aromatic amines is 1. The number of benzene rings is 2. The summed E-state index contributed by atoms with van der Waals surface area (Å²) in [5, 5.41) is 6.39. The SMILES string of the molecule is CN(C1CCCCC1)S(=O)(=O)c1ccc(C(=O)Nc2cccc(-c3noc(=O)[nH]3)c2)cc1. The highest BCUT2D eigenvalue weighted by Gasteiger charge is 2.29. The van der Waals surface area contributed by atoms with Crippen molar-refractivity contribution in [1.82, 2.24) is 14.4 Å². The Morgan fingerprint density at radius 3 is 2.50 bits per heavy atom. The molecule has 0 bridgehead atoms. The number of anilines is 1. The molecule has 4 rings (SSSR count). The molecule has 1 heterocycles. The smallest absolute Gasteiger partial charge is 0.322 e. The van der Waals surface area contributed by atoms with Crippen LogP contribution in [0.3, 0.4) is 0 Å². The van der Waals surface area contributed by atoms with Gasteiger partial charge in [0.05, 0.1) is 4.90 Å². The molecule has 9 nitrogen and oxygen atoms in total. The molecule has 0 saturated heterocycles. The van der Waals surface area contributed by atoms with Crippen LogP contribution in [0.15, 0.2) is 62.7 Å². The Kier molecular flexibility index (Phi) is 6.24. The Morgan fingerprint density at radius 2 is 1.84 bits per heavy atom. The second-order valence-corrected chi connectivity index (χ2v) is 9.81. The standard InChI is InChI=1S/C22H24N4O5S/c1-26(18-8-3-2-4-9-18)32(29,30)19-12-10-15(11-13-19)21(27)23-17-7-5-6-16(14-17)20-24-22(28)31-25-20/h5-7,10-14,18H,2-4,8-9H2,1H3,(H,23,27)(H,24,25,28). The van der Waals surface area contributed by atoms with E-state index < -0.39 is 15.8 Å². The number of H-pyrrole nitrogens is 1. The third kappa shape index (κ3) is 4.66. The summed E-state index contributed by atoms with van der Waals surface area (Å²) in [5.41, 5.74) is 1.38. The molecule has 1 amide bonds. The van der Waals surface area contributed by atoms with Crippen LogP contribution in [0.2, 0.25) is 0 Å². The first-order valence-corrected chi connectivity index (χ1v) is 11.8. The van der Waals surface area contributed by atoms with Crippen LogP contribution in [0.1, 0.15) is 42.5 Å². The number of nitrogens with one attached hydrogen (secondary N) is 2. The van der Waals surface area contributed by atoms with Gasteiger partial charge in [-0.05, 0) is 49.2 Å². The molecule has 0 radical (unpaired) electrons. The quantitative estimate of drug-likeness (QED) is 0.587. The monoisotopic (exact) mass is 456 g/mol. The number of hydrogen-bond acceptors (Lipinski definition) is 6. The average Bonchev–Trinajstić information content (AvgIpc) is 3.25. The van der Waals surface area contributed by atoms with E-state index in [1.54, 1.807) is 31.3 Å². The lowest BCUT2D eigenvalue weighted by Crippen LogP contribution is -2.38. The van der Waals surface area contributed by atoms with E-state index in [1.165, 1.54) is 28.6 Å². The minimum atomic E-state index is -3.62. The highest BCUT2D eigenvalue weighted by molar-refractivity contribution is 7.89. The molecule has 1 aromatic heterocycles. The van der Waals surface area contributed by atoms with E-state index in [-0.39, 0.29) is 22.7 Å². The van der Waals surface area contributed by atoms with Crippen molar-refractivity contribution in [2.45, 2.75) is 43.0 Å². The van der Waals surface area contributed by atoms with Crippen LogP contribution < -0.4 is 11.1 Å². The lowest BCUT2D eigenvalue weighted by molar-refractivity contribution is 0.102. The van der Waals surface area contributed by atoms with Gasteiger partial charge in [0.25, 0.3) is 5.91 Å². The highest BCUT2D eigenvalue weighted by atomic mass is 32.2. The topological polar surface area (TPSA) is 125 Å². The molecule has 0 aliphatic heterocycles. The Bertz CT molecular complexity index is 1260. The van der Waals surface area contributed by atoms with Crippen molar-refractivity contribution in [2.75, 3.05) is 12.4 Å². The molecule has 1 saturated carbocycles. The molecule has 2 N–H and O–H groups in total. The zero-order valence-corrected chi connectivity index (χ0v) is 18.4. The number of amides is 1. The largest absolute Gasteiger partial charge is 0.439 e. The summed E-state index contributed by atoms with van der Waals surface area (Å²) in [6.07, 6.45) is 4.97. The van der Waals surface area contributed by atoms with Gasteiger partial charge < -0.3 is 5.32 Å². The fourth-order valence-corrected chi connectivity index (χ4v) is 5.30. The zero-order chi connectivity index (χ0) is 22.7. The minimum Gasteiger partial charge on any atom is -0.322 e. The summed E-state index contributed by atoms with van der Waals surface area (Å²) >= 11 is 0. The van der Waals surface area contributed by atoms with Crippen LogP contribution in [0.4, 0.5) is 5.69 Å². The molecule has 1 aliphatic rings. The summed E-state index contributed by atoms with van der Waals surface area (Å²) in [6.45, 7) is 0. The molecule has 10 heteroatoms. The summed E-state index contributed by atoms with van der Waals surface area (Å²) < 4.78 is 31.9. The number of rotatable bonds is 6. The van der Waals surface area contributed by atoms with Crippen molar-refractivity contribution in [1.29, 1.82) is 0 Å². The van der Waals surface area contributed by atoms with Crippen molar-refractivity contribution in [3.05, 3.63) is 64.6 Å². The Morgan fingerprint density at radius 1 is 1.12 bits per heavy atom. The number of sulfonamides is 1. The van der Waals surface area contributed by atoms with Crippen LogP contribution in [-0.2, 0) is 10.0 Å². The Hall–Kier alpha value is -3.24. The summed E-state index contributed by atoms with van der Waals surface area (Å²) in [5.74, 6) is -0.804. The number of carbonyl (C=O) groups excluding carboxylic acids is 1. The fraction of sp³-hybridized carbons (Fsp3) is 0.318. The van der Waals surface area contributed by atoms with Gasteiger partial charge in [-0.1, -0.05) is 36.6 Å². The first-order chi connectivity index (χ1) is 15.3. The summed E-state index contributed by atoms with van der Waals surface area (Å²) in [6, 6.07) is 12.7. The maximum Gasteiger partial charge on any atom is 0.439 e. The van der Waals surface area contributed by atoms with E-state index in [1.807, 2.05) is 0 Å². The molecule has 0 unspecified atom stereocenters. The van der Waals surface area contributed by atoms with Gasteiger partial charge in [0.2, 0.25) is 10.0 Å². The van der Waals surface area contributed by atoms with Gasteiger partial charge in [-0.3, -0.25) is 14.3 Å². The molecule has 0 spiro atoms. The van der Waals surface area contributed by atoms with Crippen LogP contribution in [0.25, 0.3) is 11.4 Å². The van der Waals surface area contributed by atoms with Crippen molar-refractivity contribution in [2.24, 2.45) is 0 Å². The van der Waals surface area contributed by atoms with Gasteiger partial charge in [-0.25, -0.2) is 13.2 Å². The summed E-state index contributed by atoms with van der Waals surface area (Å²) in [7, 11) is -1.99. The lowest BCUT2D eigenvalue weighted by atomic mass is 9.96. The molecule has 2 aromatic carbocycles. The van der Waals surface area contributed by atoms with E-state index in [2.05, 4.69) is 20.0 Å². The lowest BCUT2D eigenvalue weighted by Gasteiger charge is -2.30. The van der Waals surface area contributed by atoms with Crippen molar-refractivity contribution in [3.63, 3.8) is 0 Å². The molecule has 3 aromatic rings. The molecule has 32 heavy (non-hydrogen) atoms. The van der Waals surface area contributed by atoms with Crippen LogP contribution in [-0.4, -0.2) is 41.9 Å². The van der Waals surface area contributed by atoms with E-state index in [9.17, 15) is 18.0 Å². The first-order valence-electron chi connectivity index (χ1n) is 10.4. The Labute approximate surface area is 185 Å². The maximum absolute atomic E-state index is 13.0. The summed E-state index contributed by atoms with van der Waals surface area (Å²) in [4.78, 5) is 26.4. The molecule has 0 atom stereocenters. The second-order valence-electron chi connectivity index (χ2n) is 7.82. The molecule has 1 fully saturated rings. The fourth-order valence-electron chi connectivity index (χ4n) is 3.89. The maximum atomic E-state index is 13.0. The van der Waals surface area contributed by atoms with Gasteiger partial charge in [-0.15, -0.1) is 0 Å². The second kappa shape index (κ2) is 9.09. The predicted molar refractivity (Wildman–Crippen MR) is 119 cm³/mol. The van der Waals surface area contributed by atoms with Gasteiger partial charge in [0.15, 0.2) is 5.82 Å². The number of hydrogen-bond donors (Lipinski definition) is 2. The number of aromatic nitrogens is 2. The highest BCUT2D eigenvalue weighted by Crippen LogP contribution is 2.27. The average molecular weight is 457 g/mol. The van der Waals surface area contributed by atoms with Crippen molar-refractivity contribution in [3.8, 4) is 11.4 Å². The van der Waals surface area contributed by atoms with E-state index in [0.717, 1.165) is 32.1 Å². The molecular formula is C22H24N4O5S. The number of nitrogens with zero attached hydrogens (tertiary/aromatic N) is 2. The zero-order valence-electron chi connectivity index (χ0n) is 17.6. The molecule has 1 aliphatic carbocycles. The predicted octanol–water partition coefficient (Wildman–Crippen LogP) is 3.24. The third-order valence-electron chi connectivity index (χ3n) is 5.72. The van der Waals surface area contributed by atoms with Gasteiger partial charge in [-0.2, -0.15) is 4.31 Å². The van der Waals surface area contributed by atoms with E-state index >= 15 is 0 Å². The van der Waals surface area contributed by atoms with E-state index in [0.29, 0.717) is 16.8 Å². The van der Waals surface area contributed by atoms with Gasteiger partial charge >= 0.3 is 5.76 Å². The van der Waals surface area contributed by atoms with Crippen molar-refractivity contribution < 1.29 is 17.7 Å². The van der Waals surface area contributed by atoms with Crippen LogP contribution in [0.5, 0.6) is 0 Å². The first kappa shape index (κ1) is 22.0. The minimum absolute atomic E-state index is 0.0173. The van der Waals surface area contributed by atoms with Crippen LogP contribution in [0, 0.1) is 0 Å². The van der Waals surface area contributed by atoms with Gasteiger partial charge in [0, 0.05) is 29.9 Å². The third-order valence-corrected chi connectivity index (χ3v) is 7.64. The molecular weight excluding hydrogens is 432 g/mol. The molecule has 168 valence electrons. The normalized spacial score (nSPS) is 15.1. The number of carbonyl (C=O) groups is 1. The van der Waals surface area contributed by atoms with Crippen molar-refractivity contribution >= 4 is 21.6 Å². The van der Waals surface area contributed by atoms with Crippen LogP contribution >= 0.6 is 0 Å². The Balaban J connectivity index is 1.47.